The van der Waals surface area contributed by atoms with Gasteiger partial charge in [0.2, 0.25) is 0 Å². The van der Waals surface area contributed by atoms with E-state index in [-0.39, 0.29) is 10.8 Å². The van der Waals surface area contributed by atoms with E-state index in [0.29, 0.717) is 35.5 Å². The Morgan fingerprint density at radius 2 is 0.598 bits per heavy atom. The molecular weight excluding hydrogens is 985 g/mol. The van der Waals surface area contributed by atoms with Crippen LogP contribution < -0.4 is 0 Å². The van der Waals surface area contributed by atoms with Gasteiger partial charge >= 0.3 is 0 Å². The van der Waals surface area contributed by atoms with Gasteiger partial charge in [-0.3, -0.25) is 0 Å². The molecule has 0 aliphatic carbocycles. The van der Waals surface area contributed by atoms with E-state index in [1.165, 1.54) is 122 Å². The second-order valence-electron chi connectivity index (χ2n) is 28.0. The van der Waals surface area contributed by atoms with Crippen molar-refractivity contribution in [3.63, 3.8) is 0 Å². The van der Waals surface area contributed by atoms with Gasteiger partial charge in [0.1, 0.15) is 0 Å². The van der Waals surface area contributed by atoms with Crippen LogP contribution in [0.25, 0.3) is 0 Å². The highest BCUT2D eigenvalue weighted by Gasteiger charge is 2.21. The van der Waals surface area contributed by atoms with Crippen molar-refractivity contribution in [2.75, 3.05) is 0 Å². The summed E-state index contributed by atoms with van der Waals surface area (Å²) in [6, 6.07) is 44.4. The first kappa shape index (κ1) is 74.6. The standard InChI is InChI=1S/C16H26.C15H24.C13H20.C11H16.C10H14.C9H12.C8H10/c1-10(2)14-8-15(11(3)4)13(7)16(9-14)12(5)6;1-11-8-9-12(14(2,3)4)10-13(11)15(5,6)7;1-9(2)12-7-6-8-13(10(3)4)11(12)5;1-8(2)11-7-9(3)5-6-10(11)4;1-7-5-8(2)10(4)9(3)6-7;1-7-4-5-8(2)9(3)6-7;1-7-3-5-8(2)6-4-7/h8-12H,1-7H3;8-10H,1-7H3;6-10H,1-5H3;5-8H,1-4H3;5-6H,1-4H3;4-6H,1-3H3;3-6H,1-2H3. The summed E-state index contributed by atoms with van der Waals surface area (Å²) in [5.41, 5.74) is 31.9. The Kier molecular flexibility index (Phi) is 31.2. The first-order valence-corrected chi connectivity index (χ1v) is 31.2. The first-order chi connectivity index (χ1) is 37.7. The summed E-state index contributed by atoms with van der Waals surface area (Å²) in [5.74, 6) is 3.79. The Morgan fingerprint density at radius 1 is 0.244 bits per heavy atom. The summed E-state index contributed by atoms with van der Waals surface area (Å²) >= 11 is 0. The van der Waals surface area contributed by atoms with Crippen LogP contribution in [-0.4, -0.2) is 0 Å². The lowest BCUT2D eigenvalue weighted by atomic mass is 9.79. The number of aryl methyl sites for hydroxylation is 11. The summed E-state index contributed by atoms with van der Waals surface area (Å²) in [5, 5.41) is 0. The molecule has 0 heterocycles. The summed E-state index contributed by atoms with van der Waals surface area (Å²) < 4.78 is 0. The maximum absolute atomic E-state index is 2.40. The summed E-state index contributed by atoms with van der Waals surface area (Å²) in [4.78, 5) is 0. The zero-order valence-electron chi connectivity index (χ0n) is 59.0. The fourth-order valence-corrected chi connectivity index (χ4v) is 10.3. The summed E-state index contributed by atoms with van der Waals surface area (Å²) in [6.45, 7) is 71.1. The van der Waals surface area contributed by atoms with E-state index in [1.54, 1.807) is 0 Å². The molecule has 0 heteroatoms. The van der Waals surface area contributed by atoms with Crippen LogP contribution in [-0.2, 0) is 10.8 Å². The van der Waals surface area contributed by atoms with Crippen molar-refractivity contribution in [2.24, 2.45) is 0 Å². The maximum atomic E-state index is 2.40. The van der Waals surface area contributed by atoms with Crippen LogP contribution in [0.4, 0.5) is 0 Å². The fraction of sp³-hybridized carbons (Fsp3) is 0.488. The van der Waals surface area contributed by atoms with Crippen LogP contribution in [0.2, 0.25) is 0 Å². The predicted molar refractivity (Wildman–Crippen MR) is 373 cm³/mol. The zero-order valence-corrected chi connectivity index (χ0v) is 59.0. The van der Waals surface area contributed by atoms with Gasteiger partial charge in [0.25, 0.3) is 0 Å². The van der Waals surface area contributed by atoms with Crippen molar-refractivity contribution < 1.29 is 0 Å². The molecule has 450 valence electrons. The molecule has 0 aromatic heterocycles. The van der Waals surface area contributed by atoms with E-state index >= 15 is 0 Å². The number of benzene rings is 7. The van der Waals surface area contributed by atoms with Gasteiger partial charge in [-0.15, -0.1) is 0 Å². The molecule has 0 radical (unpaired) electrons. The average molecular weight is 1110 g/mol. The molecule has 7 aromatic carbocycles. The topological polar surface area (TPSA) is 0 Å². The molecule has 7 rings (SSSR count). The molecular formula is C82H122. The second kappa shape index (κ2) is 34.3. The van der Waals surface area contributed by atoms with Crippen molar-refractivity contribution >= 4 is 0 Å². The van der Waals surface area contributed by atoms with Gasteiger partial charge in [0, 0.05) is 0 Å². The molecule has 0 fully saturated rings. The molecule has 0 aliphatic rings. The Morgan fingerprint density at radius 3 is 0.939 bits per heavy atom. The van der Waals surface area contributed by atoms with Crippen LogP contribution in [0.15, 0.2) is 121 Å². The van der Waals surface area contributed by atoms with Crippen molar-refractivity contribution in [3.05, 3.63) is 244 Å². The second-order valence-corrected chi connectivity index (χ2v) is 28.0. The Labute approximate surface area is 508 Å². The van der Waals surface area contributed by atoms with Gasteiger partial charge in [0.05, 0.1) is 0 Å². The highest BCUT2D eigenvalue weighted by atomic mass is 14.3. The lowest BCUT2D eigenvalue weighted by molar-refractivity contribution is 0.566. The van der Waals surface area contributed by atoms with Crippen molar-refractivity contribution in [2.45, 2.75) is 268 Å². The molecule has 0 amide bonds. The number of hydrogen-bond acceptors (Lipinski definition) is 0. The molecule has 0 nitrogen and oxygen atoms in total. The maximum Gasteiger partial charge on any atom is -0.0129 e. The van der Waals surface area contributed by atoms with E-state index < -0.39 is 0 Å². The van der Waals surface area contributed by atoms with Gasteiger partial charge in [-0.25, -0.2) is 0 Å². The smallest absolute Gasteiger partial charge is 0.0129 e. The van der Waals surface area contributed by atoms with Gasteiger partial charge in [-0.2, -0.15) is 0 Å². The van der Waals surface area contributed by atoms with Crippen LogP contribution in [0.5, 0.6) is 0 Å². The molecule has 0 atom stereocenters. The van der Waals surface area contributed by atoms with E-state index in [0.717, 1.165) is 0 Å². The normalized spacial score (nSPS) is 11.1. The Balaban J connectivity index is 0.000000484. The highest BCUT2D eigenvalue weighted by Crippen LogP contribution is 2.33. The quantitative estimate of drug-likeness (QED) is 0.156. The molecule has 0 aliphatic heterocycles. The zero-order chi connectivity index (χ0) is 63.3. The minimum atomic E-state index is 0.241. The molecule has 0 spiro atoms. The number of hydrogen-bond donors (Lipinski definition) is 0. The van der Waals surface area contributed by atoms with Crippen LogP contribution in [0.1, 0.15) is 283 Å². The lowest BCUT2D eigenvalue weighted by Gasteiger charge is -2.26. The molecule has 0 N–H and O–H groups in total. The third-order valence-electron chi connectivity index (χ3n) is 16.0. The molecule has 0 bridgehead atoms. The minimum absolute atomic E-state index is 0.241. The van der Waals surface area contributed by atoms with Gasteiger partial charge in [-0.1, -0.05) is 274 Å². The van der Waals surface area contributed by atoms with Crippen LogP contribution in [0.3, 0.4) is 0 Å². The summed E-state index contributed by atoms with van der Waals surface area (Å²) in [6.07, 6.45) is 0. The third-order valence-corrected chi connectivity index (χ3v) is 16.0. The van der Waals surface area contributed by atoms with Gasteiger partial charge in [-0.05, 0) is 238 Å². The average Bonchev–Trinajstić information content (AvgIpc) is 3.47. The predicted octanol–water partition coefficient (Wildman–Crippen LogP) is 25.5. The molecule has 7 aromatic rings. The van der Waals surface area contributed by atoms with Gasteiger partial charge in [0.15, 0.2) is 0 Å². The monoisotopic (exact) mass is 1110 g/mol. The van der Waals surface area contributed by atoms with Gasteiger partial charge < -0.3 is 0 Å². The van der Waals surface area contributed by atoms with Crippen molar-refractivity contribution in [1.29, 1.82) is 0 Å². The molecule has 0 unspecified atom stereocenters. The van der Waals surface area contributed by atoms with E-state index in [9.17, 15) is 0 Å². The first-order valence-electron chi connectivity index (χ1n) is 31.2. The van der Waals surface area contributed by atoms with Crippen LogP contribution in [0, 0.1) is 96.9 Å². The van der Waals surface area contributed by atoms with Crippen molar-refractivity contribution in [1.82, 2.24) is 0 Å². The molecule has 0 saturated carbocycles. The van der Waals surface area contributed by atoms with E-state index in [4.69, 9.17) is 0 Å². The summed E-state index contributed by atoms with van der Waals surface area (Å²) in [7, 11) is 0. The fourth-order valence-electron chi connectivity index (χ4n) is 10.3. The Bertz CT molecular complexity index is 2900. The minimum Gasteiger partial charge on any atom is -0.0617 e. The van der Waals surface area contributed by atoms with E-state index in [2.05, 4.69) is 343 Å². The van der Waals surface area contributed by atoms with Crippen LogP contribution >= 0.6 is 0 Å². The Hall–Kier alpha value is -5.46. The van der Waals surface area contributed by atoms with E-state index in [1.807, 2.05) is 0 Å². The molecule has 82 heavy (non-hydrogen) atoms. The molecule has 0 saturated heterocycles. The number of rotatable bonds is 6. The largest absolute Gasteiger partial charge is 0.0617 e. The lowest BCUT2D eigenvalue weighted by Crippen LogP contribution is -2.17. The van der Waals surface area contributed by atoms with Crippen molar-refractivity contribution in [3.8, 4) is 0 Å². The third kappa shape index (κ3) is 25.6. The SMILES string of the molecule is Cc1c(C(C)C)cc(C(C)C)cc1C(C)C.Cc1c(C(C)C)cccc1C(C)C.Cc1cc(C)c(C)c(C)c1.Cc1ccc(C(C)(C)C)cc1C(C)(C)C.Cc1ccc(C)c(C(C)C)c1.Cc1ccc(C)c(C)c1.Cc1ccc(C)cc1. The highest BCUT2D eigenvalue weighted by molar-refractivity contribution is 5.43.